The number of halogens is 2. The lowest BCUT2D eigenvalue weighted by molar-refractivity contribution is -0.212. The van der Waals surface area contributed by atoms with Crippen molar-refractivity contribution < 1.29 is 28.5 Å². The van der Waals surface area contributed by atoms with Crippen LogP contribution in [0.2, 0.25) is 0 Å². The first-order valence-electron chi connectivity index (χ1n) is 16.1. The number of hydrogen-bond acceptors (Lipinski definition) is 11. The Morgan fingerprint density at radius 3 is 2.52 bits per heavy atom. The lowest BCUT2D eigenvalue weighted by Crippen LogP contribution is -2.58. The Kier molecular flexibility index (Phi) is 9.69. The van der Waals surface area contributed by atoms with Gasteiger partial charge in [-0.2, -0.15) is 0 Å². The Bertz CT molecular complexity index is 1180. The van der Waals surface area contributed by atoms with Crippen LogP contribution < -0.4 is 11.1 Å². The fourth-order valence-corrected chi connectivity index (χ4v) is 7.03. The number of rotatable bonds is 9. The zero-order valence-electron chi connectivity index (χ0n) is 25.5. The average Bonchev–Trinajstić information content (AvgIpc) is 2.98. The molecule has 0 spiro atoms. The molecule has 4 heterocycles. The second-order valence-corrected chi connectivity index (χ2v) is 13.0. The van der Waals surface area contributed by atoms with Gasteiger partial charge in [-0.15, -0.1) is 0 Å². The van der Waals surface area contributed by atoms with E-state index in [1.807, 2.05) is 6.08 Å². The number of ether oxygens (including phenoxy) is 2. The van der Waals surface area contributed by atoms with E-state index in [0.29, 0.717) is 31.0 Å². The van der Waals surface area contributed by atoms with Gasteiger partial charge in [0.1, 0.15) is 24.8 Å². The molecule has 244 valence electrons. The molecule has 0 bridgehead atoms. The number of likely N-dealkylation sites (tertiary alicyclic amines) is 1. The van der Waals surface area contributed by atoms with Gasteiger partial charge in [0.2, 0.25) is 0 Å². The van der Waals surface area contributed by atoms with E-state index < -0.39 is 37.0 Å². The fraction of sp³-hybridized carbons (Fsp3) is 0.742. The minimum absolute atomic E-state index is 0.00597. The van der Waals surface area contributed by atoms with Crippen LogP contribution in [0.3, 0.4) is 0 Å². The maximum absolute atomic E-state index is 14.9. The second kappa shape index (κ2) is 13.5. The van der Waals surface area contributed by atoms with Crippen molar-refractivity contribution >= 4 is 12.1 Å². The molecule has 0 radical (unpaired) electrons. The number of aliphatic imine (C=N–C) groups is 2. The Hall–Kier alpha value is -2.42. The Morgan fingerprint density at radius 2 is 1.89 bits per heavy atom. The van der Waals surface area contributed by atoms with E-state index in [0.717, 1.165) is 57.9 Å². The monoisotopic (exact) mass is 619 g/mol. The molecule has 5 unspecified atom stereocenters. The quantitative estimate of drug-likeness (QED) is 0.303. The van der Waals surface area contributed by atoms with Crippen LogP contribution in [0, 0.1) is 5.92 Å². The van der Waals surface area contributed by atoms with Crippen LogP contribution in [-0.4, -0.2) is 132 Å². The van der Waals surface area contributed by atoms with Crippen molar-refractivity contribution in [3.05, 3.63) is 35.3 Å². The number of piperidine rings is 1. The second-order valence-electron chi connectivity index (χ2n) is 13.0. The van der Waals surface area contributed by atoms with Gasteiger partial charge >= 0.3 is 0 Å². The highest BCUT2D eigenvalue weighted by atomic mass is 19.3. The number of hydrogen-bond donors (Lipinski definition) is 4. The van der Waals surface area contributed by atoms with Gasteiger partial charge in [-0.3, -0.25) is 9.80 Å². The number of alkyl halides is 2. The zero-order valence-corrected chi connectivity index (χ0v) is 25.5. The highest BCUT2D eigenvalue weighted by molar-refractivity contribution is 5.95. The molecular formula is C31H47F2N7O4. The number of nitrogens with one attached hydrogen (secondary N) is 1. The van der Waals surface area contributed by atoms with Crippen LogP contribution >= 0.6 is 0 Å². The van der Waals surface area contributed by atoms with Gasteiger partial charge in [0.25, 0.3) is 5.92 Å². The van der Waals surface area contributed by atoms with E-state index >= 15 is 0 Å². The SMILES string of the molecule is C[C@H](O)C(O)N1CCC(OC2CCC(C3=NC=NC(NC4=CC=C(N5CCN(C6COC6)CC5)CC4)C3)C=C2N)C(F)(F)C1. The molecule has 0 aromatic heterocycles. The molecule has 5 N–H and O–H groups in total. The standard InChI is InChI=1S/C31H47F2N7O4/c1-20(41)30(42)40-9-8-28(31(32,33)18-40)44-27-7-2-21(14-25(27)34)26-15-29(36-19-35-26)37-22-3-5-23(6-4-22)38-10-12-39(13-11-38)24-16-43-17-24/h3,5,14,19-21,24,27-30,37,41-42H,2,4,6-13,15-18,34H2,1H3/t20-,21?,27?,28?,29?,30?/m0/s1. The summed E-state index contributed by atoms with van der Waals surface area (Å²) < 4.78 is 41.1. The molecule has 2 aliphatic carbocycles. The van der Waals surface area contributed by atoms with Crippen molar-refractivity contribution in [3.63, 3.8) is 0 Å². The van der Waals surface area contributed by atoms with Crippen molar-refractivity contribution in [1.29, 1.82) is 0 Å². The van der Waals surface area contributed by atoms with Crippen LogP contribution in [0.4, 0.5) is 8.78 Å². The first-order valence-corrected chi connectivity index (χ1v) is 16.1. The third-order valence-electron chi connectivity index (χ3n) is 9.84. The third-order valence-corrected chi connectivity index (χ3v) is 9.84. The molecule has 3 saturated heterocycles. The molecule has 6 aliphatic rings. The van der Waals surface area contributed by atoms with Gasteiger partial charge in [-0.1, -0.05) is 6.08 Å². The smallest absolute Gasteiger partial charge is 0.286 e. The highest BCUT2D eigenvalue weighted by Crippen LogP contribution is 2.35. The van der Waals surface area contributed by atoms with E-state index in [-0.39, 0.29) is 25.0 Å². The number of allylic oxidation sites excluding steroid dienone is 5. The first kappa shape index (κ1) is 31.6. The maximum atomic E-state index is 14.9. The Morgan fingerprint density at radius 1 is 1.09 bits per heavy atom. The fourth-order valence-electron chi connectivity index (χ4n) is 7.03. The molecule has 0 amide bonds. The number of nitrogens with zero attached hydrogens (tertiary/aromatic N) is 5. The van der Waals surface area contributed by atoms with Gasteiger partial charge in [0, 0.05) is 67.9 Å². The predicted octanol–water partition coefficient (Wildman–Crippen LogP) is 1.40. The molecule has 3 fully saturated rings. The molecular weight excluding hydrogens is 572 g/mol. The van der Waals surface area contributed by atoms with E-state index in [1.165, 1.54) is 23.2 Å². The van der Waals surface area contributed by atoms with Crippen LogP contribution in [0.25, 0.3) is 0 Å². The number of piperazine rings is 1. The van der Waals surface area contributed by atoms with Crippen LogP contribution in [0.5, 0.6) is 0 Å². The number of aliphatic hydroxyl groups excluding tert-OH is 2. The summed E-state index contributed by atoms with van der Waals surface area (Å²) in [5.41, 5.74) is 10.4. The zero-order chi connectivity index (χ0) is 30.8. The van der Waals surface area contributed by atoms with Crippen molar-refractivity contribution in [3.8, 4) is 0 Å². The summed E-state index contributed by atoms with van der Waals surface area (Å²) in [6.45, 7) is 6.96. The van der Waals surface area contributed by atoms with Crippen molar-refractivity contribution in [2.75, 3.05) is 52.5 Å². The van der Waals surface area contributed by atoms with Crippen LogP contribution in [-0.2, 0) is 9.47 Å². The van der Waals surface area contributed by atoms with E-state index in [2.05, 4.69) is 37.3 Å². The van der Waals surface area contributed by atoms with Gasteiger partial charge in [0.15, 0.2) is 0 Å². The van der Waals surface area contributed by atoms with E-state index in [9.17, 15) is 19.0 Å². The van der Waals surface area contributed by atoms with Crippen molar-refractivity contribution in [1.82, 2.24) is 20.0 Å². The third kappa shape index (κ3) is 7.18. The average molecular weight is 620 g/mol. The van der Waals surface area contributed by atoms with Gasteiger partial charge in [0.05, 0.1) is 38.0 Å². The lowest BCUT2D eigenvalue weighted by Gasteiger charge is -2.44. The Balaban J connectivity index is 0.979. The van der Waals surface area contributed by atoms with Gasteiger partial charge in [-0.05, 0) is 51.2 Å². The molecule has 13 heteroatoms. The first-order chi connectivity index (χ1) is 21.2. The summed E-state index contributed by atoms with van der Waals surface area (Å²) in [6.07, 6.45) is 7.34. The molecule has 6 rings (SSSR count). The van der Waals surface area contributed by atoms with E-state index in [4.69, 9.17) is 15.2 Å². The highest BCUT2D eigenvalue weighted by Gasteiger charge is 2.48. The van der Waals surface area contributed by atoms with E-state index in [1.54, 1.807) is 6.34 Å². The predicted molar refractivity (Wildman–Crippen MR) is 163 cm³/mol. The largest absolute Gasteiger partial charge is 0.400 e. The van der Waals surface area contributed by atoms with Crippen LogP contribution in [0.15, 0.2) is 45.3 Å². The summed E-state index contributed by atoms with van der Waals surface area (Å²) in [5, 5.41) is 23.2. The topological polar surface area (TPSA) is 131 Å². The lowest BCUT2D eigenvalue weighted by atomic mass is 9.86. The normalized spacial score (nSPS) is 33.4. The van der Waals surface area contributed by atoms with Gasteiger partial charge < -0.3 is 35.6 Å². The minimum Gasteiger partial charge on any atom is -0.400 e. The van der Waals surface area contributed by atoms with Gasteiger partial charge in [-0.25, -0.2) is 18.8 Å². The summed E-state index contributed by atoms with van der Waals surface area (Å²) in [7, 11) is 0. The number of nitrogens with two attached hydrogens (primary N) is 1. The molecule has 0 aromatic rings. The summed E-state index contributed by atoms with van der Waals surface area (Å²) in [5.74, 6) is -3.16. The molecule has 44 heavy (non-hydrogen) atoms. The van der Waals surface area contributed by atoms with Crippen molar-refractivity contribution in [2.24, 2.45) is 21.6 Å². The minimum atomic E-state index is -3.17. The summed E-state index contributed by atoms with van der Waals surface area (Å²) in [6, 6.07) is 0.605. The molecule has 0 saturated carbocycles. The molecule has 4 aliphatic heterocycles. The Labute approximate surface area is 258 Å². The van der Waals surface area contributed by atoms with Crippen LogP contribution in [0.1, 0.15) is 45.4 Å². The maximum Gasteiger partial charge on any atom is 0.286 e. The summed E-state index contributed by atoms with van der Waals surface area (Å²) in [4.78, 5) is 15.4. The summed E-state index contributed by atoms with van der Waals surface area (Å²) >= 11 is 0. The molecule has 0 aromatic carbocycles. The molecule has 11 nitrogen and oxygen atoms in total. The van der Waals surface area contributed by atoms with Crippen molar-refractivity contribution in [2.45, 2.75) is 88.1 Å². The number of aliphatic hydroxyl groups is 2. The molecule has 6 atom stereocenters.